The molecule has 3 heteroatoms. The fourth-order valence-corrected chi connectivity index (χ4v) is 2.88. The third kappa shape index (κ3) is 2.39. The van der Waals surface area contributed by atoms with E-state index >= 15 is 0 Å². The Bertz CT molecular complexity index is 481. The number of ether oxygens (including phenoxy) is 2. The van der Waals surface area contributed by atoms with Gasteiger partial charge in [0.2, 0.25) is 0 Å². The van der Waals surface area contributed by atoms with E-state index in [1.54, 1.807) is 0 Å². The summed E-state index contributed by atoms with van der Waals surface area (Å²) in [5, 5.41) is 0. The Balaban J connectivity index is 2.52. The van der Waals surface area contributed by atoms with Gasteiger partial charge < -0.3 is 9.47 Å². The number of carbonyl (C=O) groups is 1. The number of aryl methyl sites for hydroxylation is 1. The summed E-state index contributed by atoms with van der Waals surface area (Å²) < 4.78 is 11.1. The minimum absolute atomic E-state index is 0.0228. The third-order valence-electron chi connectivity index (χ3n) is 3.76. The molecule has 1 aromatic carbocycles. The van der Waals surface area contributed by atoms with Crippen LogP contribution in [-0.4, -0.2) is 18.7 Å². The summed E-state index contributed by atoms with van der Waals surface area (Å²) in [5.41, 5.74) is 2.53. The Labute approximate surface area is 114 Å². The van der Waals surface area contributed by atoms with Gasteiger partial charge >= 0.3 is 5.97 Å². The maximum Gasteiger partial charge on any atom is 0.342 e. The summed E-state index contributed by atoms with van der Waals surface area (Å²) in [6.45, 7) is 8.15. The predicted octanol–water partition coefficient (Wildman–Crippen LogP) is 2.99. The Hall–Kier alpha value is -1.35. The van der Waals surface area contributed by atoms with E-state index in [0.717, 1.165) is 18.4 Å². The first-order valence-electron chi connectivity index (χ1n) is 6.99. The number of carbonyl (C=O) groups excluding carboxylic acids is 1. The molecule has 3 nitrogen and oxygen atoms in total. The van der Waals surface area contributed by atoms with E-state index in [1.165, 1.54) is 11.1 Å². The summed E-state index contributed by atoms with van der Waals surface area (Å²) in [6, 6.07) is 6.11. The van der Waals surface area contributed by atoms with Crippen LogP contribution in [0.15, 0.2) is 18.2 Å². The lowest BCUT2D eigenvalue weighted by atomic mass is 9.83. The normalized spacial score (nSPS) is 25.8. The minimum Gasteiger partial charge on any atom is -0.464 e. The smallest absolute Gasteiger partial charge is 0.342 e. The number of hydrogen-bond donors (Lipinski definition) is 0. The molecule has 0 amide bonds. The van der Waals surface area contributed by atoms with Crippen molar-refractivity contribution < 1.29 is 14.3 Å². The summed E-state index contributed by atoms with van der Waals surface area (Å²) in [4.78, 5) is 12.3. The molecule has 104 valence electrons. The second-order valence-electron chi connectivity index (χ2n) is 5.18. The standard InChI is InChI=1S/C16H22O3/c1-5-12-8-7-9-14-13(12)10-11(3)19-16(14,4)15(17)18-6-2/h7-9,11H,5-6,10H2,1-4H3/t11-,16?/m1/s1. The number of fused-ring (bicyclic) bond motifs is 1. The van der Waals surface area contributed by atoms with Crippen LogP contribution in [0.4, 0.5) is 0 Å². The van der Waals surface area contributed by atoms with Crippen LogP contribution in [0.3, 0.4) is 0 Å². The molecule has 1 aromatic rings. The van der Waals surface area contributed by atoms with Crippen molar-refractivity contribution in [3.8, 4) is 0 Å². The Morgan fingerprint density at radius 3 is 2.84 bits per heavy atom. The fourth-order valence-electron chi connectivity index (χ4n) is 2.88. The zero-order valence-electron chi connectivity index (χ0n) is 12.2. The average Bonchev–Trinajstić information content (AvgIpc) is 2.38. The van der Waals surface area contributed by atoms with Gasteiger partial charge in [-0.15, -0.1) is 0 Å². The second kappa shape index (κ2) is 5.33. The molecule has 1 heterocycles. The summed E-state index contributed by atoms with van der Waals surface area (Å²) in [6.07, 6.45) is 1.85. The SMILES string of the molecule is CCOC(=O)C1(C)O[C@H](C)Cc2c(CC)cccc21. The quantitative estimate of drug-likeness (QED) is 0.786. The van der Waals surface area contributed by atoms with Gasteiger partial charge in [0, 0.05) is 0 Å². The van der Waals surface area contributed by atoms with Gasteiger partial charge in [-0.1, -0.05) is 25.1 Å². The molecule has 2 rings (SSSR count). The maximum absolute atomic E-state index is 12.3. The van der Waals surface area contributed by atoms with Gasteiger partial charge in [0.25, 0.3) is 0 Å². The van der Waals surface area contributed by atoms with Crippen LogP contribution >= 0.6 is 0 Å². The Morgan fingerprint density at radius 2 is 2.21 bits per heavy atom. The van der Waals surface area contributed by atoms with E-state index in [9.17, 15) is 4.79 Å². The largest absolute Gasteiger partial charge is 0.464 e. The van der Waals surface area contributed by atoms with Crippen LogP contribution in [0.25, 0.3) is 0 Å². The molecule has 0 aliphatic carbocycles. The molecule has 0 fully saturated rings. The van der Waals surface area contributed by atoms with Crippen LogP contribution in [0.5, 0.6) is 0 Å². The first-order valence-corrected chi connectivity index (χ1v) is 6.99. The third-order valence-corrected chi connectivity index (χ3v) is 3.76. The van der Waals surface area contributed by atoms with Gasteiger partial charge in [-0.3, -0.25) is 0 Å². The molecule has 1 unspecified atom stereocenters. The lowest BCUT2D eigenvalue weighted by molar-refractivity contribution is -0.180. The Kier molecular flexibility index (Phi) is 3.95. The van der Waals surface area contributed by atoms with E-state index in [4.69, 9.17) is 9.47 Å². The zero-order chi connectivity index (χ0) is 14.0. The summed E-state index contributed by atoms with van der Waals surface area (Å²) in [5.74, 6) is -0.295. The molecular weight excluding hydrogens is 240 g/mol. The highest BCUT2D eigenvalue weighted by atomic mass is 16.6. The molecule has 2 atom stereocenters. The molecule has 1 aliphatic rings. The molecular formula is C16H22O3. The molecule has 0 bridgehead atoms. The number of rotatable bonds is 3. The van der Waals surface area contributed by atoms with Crippen molar-refractivity contribution in [3.05, 3.63) is 34.9 Å². The first kappa shape index (κ1) is 14.1. The number of benzene rings is 1. The van der Waals surface area contributed by atoms with E-state index in [2.05, 4.69) is 13.0 Å². The summed E-state index contributed by atoms with van der Waals surface area (Å²) in [7, 11) is 0. The maximum atomic E-state index is 12.3. The van der Waals surface area contributed by atoms with E-state index in [-0.39, 0.29) is 12.1 Å². The van der Waals surface area contributed by atoms with Gasteiger partial charge in [-0.25, -0.2) is 4.79 Å². The van der Waals surface area contributed by atoms with Crippen LogP contribution in [0.2, 0.25) is 0 Å². The van der Waals surface area contributed by atoms with E-state index in [0.29, 0.717) is 6.61 Å². The lowest BCUT2D eigenvalue weighted by Gasteiger charge is -2.38. The second-order valence-corrected chi connectivity index (χ2v) is 5.18. The van der Waals surface area contributed by atoms with Gasteiger partial charge in [0.15, 0.2) is 5.60 Å². The van der Waals surface area contributed by atoms with Crippen molar-refractivity contribution in [2.45, 2.75) is 52.2 Å². The highest BCUT2D eigenvalue weighted by Gasteiger charge is 2.44. The molecule has 1 aliphatic heterocycles. The molecule has 19 heavy (non-hydrogen) atoms. The van der Waals surface area contributed by atoms with E-state index in [1.807, 2.05) is 32.9 Å². The van der Waals surface area contributed by atoms with Gasteiger partial charge in [0.1, 0.15) is 0 Å². The van der Waals surface area contributed by atoms with Crippen molar-refractivity contribution in [1.82, 2.24) is 0 Å². The van der Waals surface area contributed by atoms with Crippen LogP contribution in [0.1, 0.15) is 44.4 Å². The van der Waals surface area contributed by atoms with E-state index < -0.39 is 5.60 Å². The highest BCUT2D eigenvalue weighted by molar-refractivity contribution is 5.82. The van der Waals surface area contributed by atoms with Gasteiger partial charge in [0.05, 0.1) is 12.7 Å². The fraction of sp³-hybridized carbons (Fsp3) is 0.562. The van der Waals surface area contributed by atoms with Crippen molar-refractivity contribution in [2.75, 3.05) is 6.61 Å². The average molecular weight is 262 g/mol. The van der Waals surface area contributed by atoms with Crippen molar-refractivity contribution in [3.63, 3.8) is 0 Å². The van der Waals surface area contributed by atoms with Crippen molar-refractivity contribution >= 4 is 5.97 Å². The molecule has 0 radical (unpaired) electrons. The van der Waals surface area contributed by atoms with Gasteiger partial charge in [-0.2, -0.15) is 0 Å². The first-order chi connectivity index (χ1) is 9.02. The number of hydrogen-bond acceptors (Lipinski definition) is 3. The predicted molar refractivity (Wildman–Crippen MR) is 74.1 cm³/mol. The van der Waals surface area contributed by atoms with Crippen LogP contribution in [-0.2, 0) is 32.7 Å². The highest BCUT2D eigenvalue weighted by Crippen LogP contribution is 2.38. The molecule has 0 aromatic heterocycles. The minimum atomic E-state index is -0.978. The Morgan fingerprint density at radius 1 is 1.47 bits per heavy atom. The monoisotopic (exact) mass is 262 g/mol. The lowest BCUT2D eigenvalue weighted by Crippen LogP contribution is -2.44. The molecule has 0 N–H and O–H groups in total. The van der Waals surface area contributed by atoms with Gasteiger partial charge in [-0.05, 0) is 50.3 Å². The van der Waals surface area contributed by atoms with Crippen molar-refractivity contribution in [2.24, 2.45) is 0 Å². The molecule has 0 spiro atoms. The molecule has 0 saturated carbocycles. The molecule has 0 saturated heterocycles. The number of esters is 1. The van der Waals surface area contributed by atoms with Crippen LogP contribution in [0, 0.1) is 0 Å². The topological polar surface area (TPSA) is 35.5 Å². The summed E-state index contributed by atoms with van der Waals surface area (Å²) >= 11 is 0. The zero-order valence-corrected chi connectivity index (χ0v) is 12.2. The van der Waals surface area contributed by atoms with Crippen LogP contribution < -0.4 is 0 Å². The van der Waals surface area contributed by atoms with Crippen molar-refractivity contribution in [1.29, 1.82) is 0 Å².